The molecule has 0 fully saturated rings. The monoisotopic (exact) mass is 461 g/mol. The van der Waals surface area contributed by atoms with Crippen molar-refractivity contribution in [1.29, 1.82) is 0 Å². The molecule has 0 aliphatic carbocycles. The quantitative estimate of drug-likeness (QED) is 0.322. The number of hydrogen-bond acceptors (Lipinski definition) is 6. The third kappa shape index (κ3) is 8.39. The highest BCUT2D eigenvalue weighted by Gasteiger charge is 2.20. The summed E-state index contributed by atoms with van der Waals surface area (Å²) in [5.41, 5.74) is 1.90. The fourth-order valence-electron chi connectivity index (χ4n) is 3.65. The van der Waals surface area contributed by atoms with Crippen LogP contribution in [-0.4, -0.2) is 41.1 Å². The average molecular weight is 462 g/mol. The van der Waals surface area contributed by atoms with E-state index in [0.29, 0.717) is 31.3 Å². The van der Waals surface area contributed by atoms with Gasteiger partial charge in [-0.3, -0.25) is 4.79 Å². The fourth-order valence-corrected chi connectivity index (χ4v) is 3.65. The van der Waals surface area contributed by atoms with Gasteiger partial charge in [0.2, 0.25) is 11.9 Å². The summed E-state index contributed by atoms with van der Waals surface area (Å²) < 4.78 is 5.70. The van der Waals surface area contributed by atoms with Crippen molar-refractivity contribution in [3.8, 4) is 5.75 Å². The minimum atomic E-state index is -0.491. The van der Waals surface area contributed by atoms with E-state index in [2.05, 4.69) is 39.8 Å². The molecule has 0 bridgehead atoms. The van der Waals surface area contributed by atoms with Crippen molar-refractivity contribution < 1.29 is 9.53 Å². The van der Waals surface area contributed by atoms with E-state index in [1.807, 2.05) is 73.7 Å². The number of hydrogen-bond donors (Lipinski definition) is 3. The SMILES string of the molecule is CCCC(C)Nc1nc(C)cc(N[C@@H](Cc2ccccc2)C(=O)NCCOc2ccccc2)n1. The predicted molar refractivity (Wildman–Crippen MR) is 137 cm³/mol. The summed E-state index contributed by atoms with van der Waals surface area (Å²) >= 11 is 0. The van der Waals surface area contributed by atoms with Crippen LogP contribution >= 0.6 is 0 Å². The van der Waals surface area contributed by atoms with E-state index >= 15 is 0 Å². The molecule has 7 heteroatoms. The molecule has 34 heavy (non-hydrogen) atoms. The van der Waals surface area contributed by atoms with Gasteiger partial charge in [-0.05, 0) is 38.0 Å². The number of aromatic nitrogens is 2. The van der Waals surface area contributed by atoms with Crippen molar-refractivity contribution in [3.63, 3.8) is 0 Å². The zero-order valence-corrected chi connectivity index (χ0v) is 20.3. The number of amides is 1. The molecule has 7 nitrogen and oxygen atoms in total. The van der Waals surface area contributed by atoms with Gasteiger partial charge in [0, 0.05) is 24.2 Å². The van der Waals surface area contributed by atoms with Crippen LogP contribution in [0, 0.1) is 6.92 Å². The van der Waals surface area contributed by atoms with Crippen LogP contribution in [-0.2, 0) is 11.2 Å². The van der Waals surface area contributed by atoms with Gasteiger partial charge in [-0.1, -0.05) is 61.9 Å². The van der Waals surface area contributed by atoms with Crippen LogP contribution in [0.25, 0.3) is 0 Å². The number of benzene rings is 2. The fraction of sp³-hybridized carbons (Fsp3) is 0.370. The molecule has 3 rings (SSSR count). The van der Waals surface area contributed by atoms with Gasteiger partial charge in [0.15, 0.2) is 0 Å². The zero-order valence-electron chi connectivity index (χ0n) is 20.3. The van der Waals surface area contributed by atoms with Crippen LogP contribution in [0.2, 0.25) is 0 Å². The molecule has 1 heterocycles. The van der Waals surface area contributed by atoms with Crippen molar-refractivity contribution in [2.45, 2.75) is 52.1 Å². The van der Waals surface area contributed by atoms with E-state index < -0.39 is 6.04 Å². The number of carbonyl (C=O) groups excluding carboxylic acids is 1. The summed E-state index contributed by atoms with van der Waals surface area (Å²) in [5.74, 6) is 1.86. The molecule has 0 aliphatic heterocycles. The molecule has 0 radical (unpaired) electrons. The maximum Gasteiger partial charge on any atom is 0.243 e. The number of nitrogens with zero attached hydrogens (tertiary/aromatic N) is 2. The second-order valence-electron chi connectivity index (χ2n) is 8.39. The predicted octanol–water partition coefficient (Wildman–Crippen LogP) is 4.60. The van der Waals surface area contributed by atoms with E-state index in [1.165, 1.54) is 0 Å². The molecule has 3 N–H and O–H groups in total. The molecule has 0 spiro atoms. The summed E-state index contributed by atoms with van der Waals surface area (Å²) in [6.07, 6.45) is 2.65. The number of carbonyl (C=O) groups is 1. The molecule has 1 amide bonds. The maximum atomic E-state index is 13.1. The van der Waals surface area contributed by atoms with Crippen molar-refractivity contribution in [3.05, 3.63) is 78.0 Å². The van der Waals surface area contributed by atoms with Crippen molar-refractivity contribution in [2.24, 2.45) is 0 Å². The molecule has 0 saturated heterocycles. The van der Waals surface area contributed by atoms with Gasteiger partial charge >= 0.3 is 0 Å². The van der Waals surface area contributed by atoms with Gasteiger partial charge in [-0.2, -0.15) is 4.98 Å². The number of para-hydroxylation sites is 1. The first-order valence-corrected chi connectivity index (χ1v) is 11.9. The Morgan fingerprint density at radius 3 is 2.41 bits per heavy atom. The zero-order chi connectivity index (χ0) is 24.2. The molecular formula is C27H35N5O2. The van der Waals surface area contributed by atoms with E-state index in [9.17, 15) is 4.79 Å². The maximum absolute atomic E-state index is 13.1. The Labute approximate surface area is 202 Å². The lowest BCUT2D eigenvalue weighted by Crippen LogP contribution is -2.42. The normalized spacial score (nSPS) is 12.4. The van der Waals surface area contributed by atoms with Crippen LogP contribution in [0.1, 0.15) is 37.9 Å². The Morgan fingerprint density at radius 1 is 1.00 bits per heavy atom. The Bertz CT molecular complexity index is 1010. The van der Waals surface area contributed by atoms with Gasteiger partial charge < -0.3 is 20.7 Å². The van der Waals surface area contributed by atoms with Crippen LogP contribution in [0.3, 0.4) is 0 Å². The first-order valence-electron chi connectivity index (χ1n) is 11.9. The second kappa shape index (κ2) is 13.2. The lowest BCUT2D eigenvalue weighted by molar-refractivity contribution is -0.121. The van der Waals surface area contributed by atoms with Gasteiger partial charge in [-0.15, -0.1) is 0 Å². The number of aryl methyl sites for hydroxylation is 1. The largest absolute Gasteiger partial charge is 0.492 e. The molecule has 2 aromatic carbocycles. The highest BCUT2D eigenvalue weighted by Crippen LogP contribution is 2.15. The van der Waals surface area contributed by atoms with Gasteiger partial charge in [0.1, 0.15) is 24.2 Å². The average Bonchev–Trinajstić information content (AvgIpc) is 2.82. The summed E-state index contributed by atoms with van der Waals surface area (Å²) in [4.78, 5) is 22.2. The molecule has 1 aromatic heterocycles. The molecule has 1 unspecified atom stereocenters. The van der Waals surface area contributed by atoms with Crippen LogP contribution in [0.4, 0.5) is 11.8 Å². The van der Waals surface area contributed by atoms with E-state index in [4.69, 9.17) is 4.74 Å². The van der Waals surface area contributed by atoms with Crippen molar-refractivity contribution in [1.82, 2.24) is 15.3 Å². The standard InChI is InChI=1S/C27H35N5O2/c1-4-11-20(2)29-27-30-21(3)18-25(32-27)31-24(19-22-12-7-5-8-13-22)26(33)28-16-17-34-23-14-9-6-10-15-23/h5-10,12-15,18,20,24H,4,11,16-17,19H2,1-3H3,(H,28,33)(H2,29,30,31,32)/t20?,24-/m0/s1. The second-order valence-corrected chi connectivity index (χ2v) is 8.39. The first kappa shape index (κ1) is 25.0. The van der Waals surface area contributed by atoms with Crippen LogP contribution in [0.5, 0.6) is 5.75 Å². The van der Waals surface area contributed by atoms with Crippen molar-refractivity contribution in [2.75, 3.05) is 23.8 Å². The Hall–Kier alpha value is -3.61. The number of ether oxygens (including phenoxy) is 1. The molecular weight excluding hydrogens is 426 g/mol. The minimum Gasteiger partial charge on any atom is -0.492 e. The van der Waals surface area contributed by atoms with E-state index in [-0.39, 0.29) is 11.9 Å². The smallest absolute Gasteiger partial charge is 0.243 e. The highest BCUT2D eigenvalue weighted by molar-refractivity contribution is 5.84. The molecule has 0 saturated carbocycles. The lowest BCUT2D eigenvalue weighted by atomic mass is 10.1. The van der Waals surface area contributed by atoms with Crippen LogP contribution < -0.4 is 20.7 Å². The Kier molecular flexibility index (Phi) is 9.70. The summed E-state index contributed by atoms with van der Waals surface area (Å²) in [6.45, 7) is 7.00. The Balaban J connectivity index is 1.66. The lowest BCUT2D eigenvalue weighted by Gasteiger charge is -2.20. The Morgan fingerprint density at radius 2 is 1.71 bits per heavy atom. The summed E-state index contributed by atoms with van der Waals surface area (Å²) in [6, 6.07) is 21.2. The van der Waals surface area contributed by atoms with Crippen LogP contribution in [0.15, 0.2) is 66.7 Å². The van der Waals surface area contributed by atoms with E-state index in [1.54, 1.807) is 0 Å². The number of rotatable bonds is 13. The first-order chi connectivity index (χ1) is 16.5. The topological polar surface area (TPSA) is 88.2 Å². The number of anilines is 2. The van der Waals surface area contributed by atoms with Gasteiger partial charge in [0.25, 0.3) is 0 Å². The van der Waals surface area contributed by atoms with Gasteiger partial charge in [0.05, 0.1) is 6.54 Å². The highest BCUT2D eigenvalue weighted by atomic mass is 16.5. The molecule has 3 aromatic rings. The van der Waals surface area contributed by atoms with Crippen molar-refractivity contribution >= 4 is 17.7 Å². The third-order valence-electron chi connectivity index (χ3n) is 5.29. The molecule has 180 valence electrons. The van der Waals surface area contributed by atoms with Gasteiger partial charge in [-0.25, -0.2) is 4.98 Å². The number of nitrogens with one attached hydrogen (secondary N) is 3. The summed E-state index contributed by atoms with van der Waals surface area (Å²) in [5, 5.41) is 9.67. The minimum absolute atomic E-state index is 0.106. The molecule has 0 aliphatic rings. The third-order valence-corrected chi connectivity index (χ3v) is 5.29. The summed E-state index contributed by atoms with van der Waals surface area (Å²) in [7, 11) is 0. The molecule has 2 atom stereocenters. The van der Waals surface area contributed by atoms with E-state index in [0.717, 1.165) is 29.8 Å².